The number of para-hydroxylation sites is 2. The van der Waals surface area contributed by atoms with Crippen LogP contribution in [-0.4, -0.2) is 61.3 Å². The topological polar surface area (TPSA) is 60.5 Å². The van der Waals surface area contributed by atoms with Gasteiger partial charge in [-0.15, -0.1) is 0 Å². The van der Waals surface area contributed by atoms with E-state index in [1.165, 1.54) is 12.8 Å². The Bertz CT molecular complexity index is 1000. The van der Waals surface area contributed by atoms with Crippen LogP contribution in [0.15, 0.2) is 30.3 Å². The molecule has 5 rings (SSSR count). The van der Waals surface area contributed by atoms with E-state index in [-0.39, 0.29) is 0 Å². The second-order valence-electron chi connectivity index (χ2n) is 7.90. The zero-order valence-electron chi connectivity index (χ0n) is 17.2. The van der Waals surface area contributed by atoms with Crippen molar-refractivity contribution in [2.45, 2.75) is 19.8 Å². The number of anilines is 3. The SMILES string of the molecule is COc1ccccc1N1CCN(c2nc(N3CCCC3)nc3[nH]c(C)cc23)CC1. The second-order valence-corrected chi connectivity index (χ2v) is 7.90. The van der Waals surface area contributed by atoms with Gasteiger partial charge < -0.3 is 24.4 Å². The molecule has 2 aliphatic heterocycles. The van der Waals surface area contributed by atoms with Gasteiger partial charge in [0.25, 0.3) is 0 Å². The van der Waals surface area contributed by atoms with Crippen LogP contribution in [0.4, 0.5) is 17.5 Å². The van der Waals surface area contributed by atoms with Gasteiger partial charge in [0.15, 0.2) is 0 Å². The van der Waals surface area contributed by atoms with Gasteiger partial charge in [-0.05, 0) is 38.0 Å². The van der Waals surface area contributed by atoms with Crippen molar-refractivity contribution in [2.24, 2.45) is 0 Å². The smallest absolute Gasteiger partial charge is 0.229 e. The van der Waals surface area contributed by atoms with Crippen molar-refractivity contribution in [2.75, 3.05) is 61.1 Å². The fourth-order valence-corrected chi connectivity index (χ4v) is 4.46. The molecule has 1 N–H and O–H groups in total. The van der Waals surface area contributed by atoms with Crippen molar-refractivity contribution in [1.29, 1.82) is 0 Å². The molecule has 0 unspecified atom stereocenters. The fraction of sp³-hybridized carbons (Fsp3) is 0.455. The van der Waals surface area contributed by atoms with Crippen LogP contribution in [0.25, 0.3) is 11.0 Å². The number of piperazine rings is 1. The number of ether oxygens (including phenoxy) is 1. The maximum Gasteiger partial charge on any atom is 0.229 e. The Balaban J connectivity index is 1.42. The first-order valence-electron chi connectivity index (χ1n) is 10.5. The minimum Gasteiger partial charge on any atom is -0.495 e. The predicted molar refractivity (Wildman–Crippen MR) is 117 cm³/mol. The highest BCUT2D eigenvalue weighted by molar-refractivity contribution is 5.89. The molecule has 0 atom stereocenters. The molecule has 2 aliphatic rings. The normalized spacial score (nSPS) is 17.4. The van der Waals surface area contributed by atoms with Crippen LogP contribution >= 0.6 is 0 Å². The standard InChI is InChI=1S/C22H28N6O/c1-16-15-17-20(23-16)24-22(28-9-5-6-10-28)25-21(17)27-13-11-26(12-14-27)18-7-3-4-8-19(18)29-2/h3-4,7-8,15H,5-6,9-14H2,1-2H3,(H,23,24,25). The number of hydrogen-bond acceptors (Lipinski definition) is 6. The lowest BCUT2D eigenvalue weighted by molar-refractivity contribution is 0.413. The van der Waals surface area contributed by atoms with Crippen LogP contribution in [0.2, 0.25) is 0 Å². The number of aryl methyl sites for hydroxylation is 1. The van der Waals surface area contributed by atoms with Gasteiger partial charge >= 0.3 is 0 Å². The molecule has 7 heteroatoms. The third kappa shape index (κ3) is 3.34. The molecule has 2 aromatic heterocycles. The number of fused-ring (bicyclic) bond motifs is 1. The predicted octanol–water partition coefficient (Wildman–Crippen LogP) is 3.20. The molecule has 7 nitrogen and oxygen atoms in total. The molecular weight excluding hydrogens is 364 g/mol. The number of nitrogens with one attached hydrogen (secondary N) is 1. The Morgan fingerprint density at radius 2 is 1.62 bits per heavy atom. The van der Waals surface area contributed by atoms with Gasteiger partial charge in [-0.3, -0.25) is 0 Å². The molecule has 152 valence electrons. The van der Waals surface area contributed by atoms with Crippen molar-refractivity contribution in [1.82, 2.24) is 15.0 Å². The first-order valence-corrected chi connectivity index (χ1v) is 10.5. The first kappa shape index (κ1) is 18.1. The zero-order chi connectivity index (χ0) is 19.8. The lowest BCUT2D eigenvalue weighted by atomic mass is 10.2. The monoisotopic (exact) mass is 392 g/mol. The van der Waals surface area contributed by atoms with Gasteiger partial charge in [0.2, 0.25) is 5.95 Å². The van der Waals surface area contributed by atoms with Crippen molar-refractivity contribution >= 4 is 28.5 Å². The van der Waals surface area contributed by atoms with Crippen molar-refractivity contribution in [3.8, 4) is 5.75 Å². The van der Waals surface area contributed by atoms with E-state index < -0.39 is 0 Å². The molecule has 3 aromatic rings. The molecule has 29 heavy (non-hydrogen) atoms. The summed E-state index contributed by atoms with van der Waals surface area (Å²) < 4.78 is 5.56. The van der Waals surface area contributed by atoms with E-state index in [0.717, 1.165) is 79.2 Å². The van der Waals surface area contributed by atoms with E-state index in [4.69, 9.17) is 14.7 Å². The number of benzene rings is 1. The molecule has 4 heterocycles. The molecule has 0 bridgehead atoms. The minimum atomic E-state index is 0.860. The van der Waals surface area contributed by atoms with Gasteiger partial charge in [0.1, 0.15) is 17.2 Å². The van der Waals surface area contributed by atoms with E-state index in [2.05, 4.69) is 44.8 Å². The van der Waals surface area contributed by atoms with Gasteiger partial charge in [0, 0.05) is 45.0 Å². The van der Waals surface area contributed by atoms with Gasteiger partial charge in [0.05, 0.1) is 18.2 Å². The highest BCUT2D eigenvalue weighted by Gasteiger charge is 2.25. The second kappa shape index (κ2) is 7.46. The molecule has 0 radical (unpaired) electrons. The quantitative estimate of drug-likeness (QED) is 0.736. The zero-order valence-corrected chi connectivity index (χ0v) is 17.2. The fourth-order valence-electron chi connectivity index (χ4n) is 4.46. The third-order valence-corrected chi connectivity index (χ3v) is 5.98. The molecule has 0 spiro atoms. The average molecular weight is 393 g/mol. The summed E-state index contributed by atoms with van der Waals surface area (Å²) in [5.74, 6) is 2.85. The maximum atomic E-state index is 5.56. The minimum absolute atomic E-state index is 0.860. The Morgan fingerprint density at radius 3 is 2.38 bits per heavy atom. The van der Waals surface area contributed by atoms with E-state index in [9.17, 15) is 0 Å². The Morgan fingerprint density at radius 1 is 0.897 bits per heavy atom. The summed E-state index contributed by atoms with van der Waals surface area (Å²) in [6, 6.07) is 10.4. The van der Waals surface area contributed by atoms with Crippen LogP contribution in [-0.2, 0) is 0 Å². The summed E-state index contributed by atoms with van der Waals surface area (Å²) in [6.45, 7) is 7.91. The van der Waals surface area contributed by atoms with E-state index in [0.29, 0.717) is 0 Å². The largest absolute Gasteiger partial charge is 0.495 e. The number of rotatable bonds is 4. The number of aromatic amines is 1. The van der Waals surface area contributed by atoms with Gasteiger partial charge in [-0.2, -0.15) is 9.97 Å². The van der Waals surface area contributed by atoms with Gasteiger partial charge in [-0.1, -0.05) is 12.1 Å². The summed E-state index contributed by atoms with van der Waals surface area (Å²) in [6.07, 6.45) is 2.44. The van der Waals surface area contributed by atoms with Crippen molar-refractivity contribution in [3.63, 3.8) is 0 Å². The summed E-state index contributed by atoms with van der Waals surface area (Å²) >= 11 is 0. The third-order valence-electron chi connectivity index (χ3n) is 5.98. The summed E-state index contributed by atoms with van der Waals surface area (Å²) in [4.78, 5) is 20.4. The van der Waals surface area contributed by atoms with E-state index in [1.807, 2.05) is 12.1 Å². The van der Waals surface area contributed by atoms with Gasteiger partial charge in [-0.25, -0.2) is 0 Å². The van der Waals surface area contributed by atoms with Crippen LogP contribution < -0.4 is 19.4 Å². The maximum absolute atomic E-state index is 5.56. The number of aromatic nitrogens is 3. The molecular formula is C22H28N6O. The Labute approximate surface area is 171 Å². The van der Waals surface area contributed by atoms with Crippen molar-refractivity contribution in [3.05, 3.63) is 36.0 Å². The molecule has 2 fully saturated rings. The Hall–Kier alpha value is -2.96. The molecule has 0 saturated carbocycles. The van der Waals surface area contributed by atoms with Crippen LogP contribution in [0.3, 0.4) is 0 Å². The molecule has 1 aromatic carbocycles. The number of nitrogens with zero attached hydrogens (tertiary/aromatic N) is 5. The first-order chi connectivity index (χ1) is 14.2. The number of hydrogen-bond donors (Lipinski definition) is 1. The number of methoxy groups -OCH3 is 1. The molecule has 0 aliphatic carbocycles. The average Bonchev–Trinajstić information content (AvgIpc) is 3.42. The number of H-pyrrole nitrogens is 1. The van der Waals surface area contributed by atoms with E-state index in [1.54, 1.807) is 7.11 Å². The lowest BCUT2D eigenvalue weighted by Crippen LogP contribution is -2.47. The molecule has 2 saturated heterocycles. The van der Waals surface area contributed by atoms with Crippen LogP contribution in [0.5, 0.6) is 5.75 Å². The Kier molecular flexibility index (Phi) is 4.66. The highest BCUT2D eigenvalue weighted by Crippen LogP contribution is 2.32. The van der Waals surface area contributed by atoms with Crippen LogP contribution in [0, 0.1) is 6.92 Å². The summed E-state index contributed by atoms with van der Waals surface area (Å²) in [5.41, 5.74) is 3.24. The van der Waals surface area contributed by atoms with Crippen LogP contribution in [0.1, 0.15) is 18.5 Å². The van der Waals surface area contributed by atoms with E-state index >= 15 is 0 Å². The van der Waals surface area contributed by atoms with Crippen molar-refractivity contribution < 1.29 is 4.74 Å². The summed E-state index contributed by atoms with van der Waals surface area (Å²) in [7, 11) is 1.74. The highest BCUT2D eigenvalue weighted by atomic mass is 16.5. The summed E-state index contributed by atoms with van der Waals surface area (Å²) in [5, 5.41) is 1.12. The lowest BCUT2D eigenvalue weighted by Gasteiger charge is -2.37. The molecule has 0 amide bonds.